The minimum absolute atomic E-state index is 0.291. The molecule has 0 saturated heterocycles. The second-order valence-electron chi connectivity index (χ2n) is 5.09. The van der Waals surface area contributed by atoms with E-state index < -0.39 is 0 Å². The Morgan fingerprint density at radius 1 is 1.25 bits per heavy atom. The second kappa shape index (κ2) is 10.0. The van der Waals surface area contributed by atoms with Crippen LogP contribution in [-0.4, -0.2) is 25.7 Å². The van der Waals surface area contributed by atoms with Gasteiger partial charge in [-0.25, -0.2) is 4.99 Å². The number of nitrogens with one attached hydrogen (secondary N) is 2. The highest BCUT2D eigenvalue weighted by Crippen LogP contribution is 2.12. The molecule has 0 aliphatic carbocycles. The molecule has 0 saturated carbocycles. The number of nitrogens with zero attached hydrogens (tertiary/aromatic N) is 1. The molecular weight excluding hydrogens is 302 g/mol. The molecule has 0 fully saturated rings. The summed E-state index contributed by atoms with van der Waals surface area (Å²) in [4.78, 5) is 4.50. The molecule has 0 unspecified atom stereocenters. The molecule has 2 rings (SSSR count). The van der Waals surface area contributed by atoms with Crippen molar-refractivity contribution in [2.24, 2.45) is 4.99 Å². The smallest absolute Gasteiger partial charge is 0.191 e. The summed E-state index contributed by atoms with van der Waals surface area (Å²) < 4.78 is 10.7. The highest BCUT2D eigenvalue weighted by molar-refractivity contribution is 5.79. The Kier molecular flexibility index (Phi) is 7.29. The maximum Gasteiger partial charge on any atom is 0.191 e. The van der Waals surface area contributed by atoms with Crippen LogP contribution in [0.15, 0.2) is 52.1 Å². The van der Waals surface area contributed by atoms with Crippen LogP contribution in [0, 0.1) is 12.3 Å². The summed E-state index contributed by atoms with van der Waals surface area (Å²) >= 11 is 0. The quantitative estimate of drug-likeness (QED) is 0.445. The number of benzene rings is 1. The molecule has 0 bridgehead atoms. The van der Waals surface area contributed by atoms with Gasteiger partial charge in [-0.3, -0.25) is 0 Å². The number of hydrogen-bond donors (Lipinski definition) is 2. The van der Waals surface area contributed by atoms with Crippen LogP contribution in [0.5, 0.6) is 5.75 Å². The molecule has 2 N–H and O–H groups in total. The van der Waals surface area contributed by atoms with Crippen LogP contribution in [0.4, 0.5) is 0 Å². The van der Waals surface area contributed by atoms with Crippen molar-refractivity contribution in [1.29, 1.82) is 0 Å². The summed E-state index contributed by atoms with van der Waals surface area (Å²) in [6, 6.07) is 11.7. The van der Waals surface area contributed by atoms with Crippen LogP contribution < -0.4 is 15.4 Å². The molecule has 0 aliphatic rings. The van der Waals surface area contributed by atoms with Gasteiger partial charge in [-0.2, -0.15) is 0 Å². The number of furan rings is 1. The Bertz CT molecular complexity index is 655. The Morgan fingerprint density at radius 3 is 2.75 bits per heavy atom. The van der Waals surface area contributed by atoms with Gasteiger partial charge in [0.1, 0.15) is 24.7 Å². The molecule has 5 heteroatoms. The van der Waals surface area contributed by atoms with Gasteiger partial charge >= 0.3 is 0 Å². The van der Waals surface area contributed by atoms with E-state index in [0.29, 0.717) is 13.2 Å². The Hall–Kier alpha value is -2.87. The van der Waals surface area contributed by atoms with Crippen molar-refractivity contribution in [3.63, 3.8) is 0 Å². The van der Waals surface area contributed by atoms with Crippen LogP contribution in [0.3, 0.4) is 0 Å². The molecule has 0 spiro atoms. The molecule has 1 aromatic carbocycles. The molecule has 5 nitrogen and oxygen atoms in total. The maximum atomic E-state index is 5.36. The van der Waals surface area contributed by atoms with Gasteiger partial charge in [0.25, 0.3) is 0 Å². The number of hydrogen-bond acceptors (Lipinski definition) is 3. The molecule has 0 atom stereocenters. The Morgan fingerprint density at radius 2 is 2.08 bits per heavy atom. The maximum absolute atomic E-state index is 5.36. The summed E-state index contributed by atoms with van der Waals surface area (Å²) in [5.74, 6) is 4.87. The van der Waals surface area contributed by atoms with E-state index in [9.17, 15) is 0 Å². The molecule has 1 aromatic heterocycles. The normalized spacial score (nSPS) is 10.9. The molecule has 24 heavy (non-hydrogen) atoms. The molecule has 1 heterocycles. The summed E-state index contributed by atoms with van der Waals surface area (Å²) in [6.07, 6.45) is 7.72. The van der Waals surface area contributed by atoms with E-state index in [4.69, 9.17) is 15.6 Å². The van der Waals surface area contributed by atoms with E-state index in [-0.39, 0.29) is 0 Å². The van der Waals surface area contributed by atoms with Crippen LogP contribution in [0.2, 0.25) is 0 Å². The van der Waals surface area contributed by atoms with Crippen molar-refractivity contribution in [2.45, 2.75) is 19.9 Å². The average Bonchev–Trinajstić information content (AvgIpc) is 3.12. The van der Waals surface area contributed by atoms with Gasteiger partial charge in [0.05, 0.1) is 6.26 Å². The largest absolute Gasteiger partial charge is 0.481 e. The summed E-state index contributed by atoms with van der Waals surface area (Å²) in [5, 5.41) is 6.54. The third-order valence-electron chi connectivity index (χ3n) is 3.27. The first-order valence-corrected chi connectivity index (χ1v) is 8.01. The van der Waals surface area contributed by atoms with Gasteiger partial charge in [0.2, 0.25) is 0 Å². The predicted octanol–water partition coefficient (Wildman–Crippen LogP) is 2.59. The fourth-order valence-corrected chi connectivity index (χ4v) is 2.10. The van der Waals surface area contributed by atoms with Crippen LogP contribution in [-0.2, 0) is 13.0 Å². The molecule has 126 valence electrons. The van der Waals surface area contributed by atoms with Crippen molar-refractivity contribution in [1.82, 2.24) is 10.6 Å². The van der Waals surface area contributed by atoms with E-state index in [1.54, 1.807) is 6.26 Å². The van der Waals surface area contributed by atoms with E-state index in [1.807, 2.05) is 43.3 Å². The van der Waals surface area contributed by atoms with Gasteiger partial charge < -0.3 is 19.8 Å². The summed E-state index contributed by atoms with van der Waals surface area (Å²) in [6.45, 7) is 4.45. The topological polar surface area (TPSA) is 58.8 Å². The number of terminal acetylenes is 1. The zero-order valence-electron chi connectivity index (χ0n) is 13.9. The number of guanidine groups is 1. The number of ether oxygens (including phenoxy) is 1. The van der Waals surface area contributed by atoms with Gasteiger partial charge in [-0.1, -0.05) is 18.1 Å². The fraction of sp³-hybridized carbons (Fsp3) is 0.316. The third-order valence-corrected chi connectivity index (χ3v) is 3.27. The lowest BCUT2D eigenvalue weighted by Crippen LogP contribution is -2.38. The van der Waals surface area contributed by atoms with Gasteiger partial charge in [-0.15, -0.1) is 6.42 Å². The number of rotatable bonds is 8. The average molecular weight is 325 g/mol. The van der Waals surface area contributed by atoms with Gasteiger partial charge in [0, 0.05) is 13.1 Å². The SMILES string of the molecule is C#CCOc1ccc(CCNC(=NCc2ccco2)NCC)cc1. The zero-order chi connectivity index (χ0) is 17.0. The predicted molar refractivity (Wildman–Crippen MR) is 96.0 cm³/mol. The fourth-order valence-electron chi connectivity index (χ4n) is 2.10. The van der Waals surface area contributed by atoms with Crippen molar-refractivity contribution in [3.05, 3.63) is 54.0 Å². The van der Waals surface area contributed by atoms with Crippen molar-refractivity contribution < 1.29 is 9.15 Å². The lowest BCUT2D eigenvalue weighted by Gasteiger charge is -2.11. The molecule has 0 amide bonds. The van der Waals surface area contributed by atoms with Crippen molar-refractivity contribution in [2.75, 3.05) is 19.7 Å². The van der Waals surface area contributed by atoms with Crippen LogP contribution in [0.25, 0.3) is 0 Å². The third kappa shape index (κ3) is 6.09. The molecule has 2 aromatic rings. The van der Waals surface area contributed by atoms with E-state index in [1.165, 1.54) is 5.56 Å². The molecular formula is C19H23N3O2. The van der Waals surface area contributed by atoms with Crippen molar-refractivity contribution in [3.8, 4) is 18.1 Å². The standard InChI is InChI=1S/C19H23N3O2/c1-3-13-23-17-9-7-16(8-10-17)11-12-21-19(20-4-2)22-15-18-6-5-14-24-18/h1,5-10,14H,4,11-13,15H2,2H3,(H2,20,21,22). The van der Waals surface area contributed by atoms with Crippen LogP contribution >= 0.6 is 0 Å². The van der Waals surface area contributed by atoms with E-state index in [0.717, 1.165) is 37.0 Å². The minimum Gasteiger partial charge on any atom is -0.481 e. The van der Waals surface area contributed by atoms with Crippen LogP contribution in [0.1, 0.15) is 18.2 Å². The summed E-state index contributed by atoms with van der Waals surface area (Å²) in [7, 11) is 0. The van der Waals surface area contributed by atoms with Gasteiger partial charge in [0.15, 0.2) is 5.96 Å². The summed E-state index contributed by atoms with van der Waals surface area (Å²) in [5.41, 5.74) is 1.22. The number of aliphatic imine (C=N–C) groups is 1. The lowest BCUT2D eigenvalue weighted by atomic mass is 10.1. The molecule has 0 aliphatic heterocycles. The van der Waals surface area contributed by atoms with E-state index in [2.05, 4.69) is 21.5 Å². The first-order chi connectivity index (χ1) is 11.8. The lowest BCUT2D eigenvalue weighted by molar-refractivity contribution is 0.370. The zero-order valence-corrected chi connectivity index (χ0v) is 13.9. The highest BCUT2D eigenvalue weighted by Gasteiger charge is 2.00. The Balaban J connectivity index is 1.79. The Labute approximate surface area is 143 Å². The van der Waals surface area contributed by atoms with Crippen molar-refractivity contribution >= 4 is 5.96 Å². The van der Waals surface area contributed by atoms with Gasteiger partial charge in [-0.05, 0) is 43.2 Å². The minimum atomic E-state index is 0.291. The highest BCUT2D eigenvalue weighted by atomic mass is 16.5. The monoisotopic (exact) mass is 325 g/mol. The first kappa shape index (κ1) is 17.5. The van der Waals surface area contributed by atoms with E-state index >= 15 is 0 Å². The molecule has 0 radical (unpaired) electrons. The second-order valence-corrected chi connectivity index (χ2v) is 5.09. The first-order valence-electron chi connectivity index (χ1n) is 8.01.